The first-order valence-electron chi connectivity index (χ1n) is 7.91. The van der Waals surface area contributed by atoms with E-state index in [1.807, 2.05) is 78.9 Å². The second-order valence-corrected chi connectivity index (χ2v) is 6.91. The SMILES string of the molecule is O=C(O)[C@@H](Cc1ccc(I)cc1)Oc1ccc(-c2ccccc2)cc1. The molecule has 126 valence electrons. The Morgan fingerprint density at radius 2 is 1.48 bits per heavy atom. The molecule has 0 aliphatic carbocycles. The average molecular weight is 444 g/mol. The Hall–Kier alpha value is -2.34. The first-order chi connectivity index (χ1) is 12.1. The summed E-state index contributed by atoms with van der Waals surface area (Å²) in [5, 5.41) is 9.46. The quantitative estimate of drug-likeness (QED) is 0.543. The van der Waals surface area contributed by atoms with Gasteiger partial charge in [0.2, 0.25) is 0 Å². The maximum Gasteiger partial charge on any atom is 0.345 e. The van der Waals surface area contributed by atoms with Crippen LogP contribution in [0.2, 0.25) is 0 Å². The molecule has 3 aromatic rings. The average Bonchev–Trinajstić information content (AvgIpc) is 2.64. The molecule has 0 unspecified atom stereocenters. The Labute approximate surface area is 160 Å². The van der Waals surface area contributed by atoms with Crippen molar-refractivity contribution in [1.29, 1.82) is 0 Å². The number of carboxylic acid groups (broad SMARTS) is 1. The number of aliphatic carboxylic acids is 1. The fraction of sp³-hybridized carbons (Fsp3) is 0.0952. The van der Waals surface area contributed by atoms with Crippen molar-refractivity contribution in [3.8, 4) is 16.9 Å². The van der Waals surface area contributed by atoms with E-state index in [0.29, 0.717) is 12.2 Å². The Bertz CT molecular complexity index is 827. The van der Waals surface area contributed by atoms with Gasteiger partial charge in [-0.05, 0) is 63.5 Å². The van der Waals surface area contributed by atoms with Gasteiger partial charge < -0.3 is 9.84 Å². The summed E-state index contributed by atoms with van der Waals surface area (Å²) in [5.41, 5.74) is 3.12. The van der Waals surface area contributed by atoms with Crippen molar-refractivity contribution in [3.05, 3.63) is 88.0 Å². The van der Waals surface area contributed by atoms with E-state index in [0.717, 1.165) is 20.3 Å². The van der Waals surface area contributed by atoms with Gasteiger partial charge >= 0.3 is 5.97 Å². The fourth-order valence-corrected chi connectivity index (χ4v) is 2.89. The first-order valence-corrected chi connectivity index (χ1v) is 8.99. The second kappa shape index (κ2) is 8.16. The minimum absolute atomic E-state index is 0.326. The van der Waals surface area contributed by atoms with Crippen molar-refractivity contribution >= 4 is 28.6 Å². The Kier molecular flexibility index (Phi) is 5.71. The van der Waals surface area contributed by atoms with E-state index < -0.39 is 12.1 Å². The molecule has 3 rings (SSSR count). The molecule has 0 saturated heterocycles. The molecule has 1 N–H and O–H groups in total. The lowest BCUT2D eigenvalue weighted by Gasteiger charge is -2.15. The smallest absolute Gasteiger partial charge is 0.345 e. The third kappa shape index (κ3) is 4.82. The topological polar surface area (TPSA) is 46.5 Å². The molecule has 25 heavy (non-hydrogen) atoms. The maximum absolute atomic E-state index is 11.5. The molecule has 3 aromatic carbocycles. The predicted molar refractivity (Wildman–Crippen MR) is 107 cm³/mol. The van der Waals surface area contributed by atoms with E-state index in [1.54, 1.807) is 0 Å². The molecule has 3 nitrogen and oxygen atoms in total. The fourth-order valence-electron chi connectivity index (χ4n) is 2.53. The highest BCUT2D eigenvalue weighted by atomic mass is 127. The number of carbonyl (C=O) groups is 1. The summed E-state index contributed by atoms with van der Waals surface area (Å²) >= 11 is 2.22. The van der Waals surface area contributed by atoms with Gasteiger partial charge in [-0.2, -0.15) is 0 Å². The van der Waals surface area contributed by atoms with E-state index in [2.05, 4.69) is 22.6 Å². The summed E-state index contributed by atoms with van der Waals surface area (Å²) < 4.78 is 6.82. The zero-order chi connectivity index (χ0) is 17.6. The molecule has 0 heterocycles. The molecule has 0 bridgehead atoms. The van der Waals surface area contributed by atoms with Crippen molar-refractivity contribution in [3.63, 3.8) is 0 Å². The molecule has 0 spiro atoms. The van der Waals surface area contributed by atoms with Crippen LogP contribution in [0.3, 0.4) is 0 Å². The van der Waals surface area contributed by atoms with Gasteiger partial charge in [0.25, 0.3) is 0 Å². The number of hydrogen-bond donors (Lipinski definition) is 1. The van der Waals surface area contributed by atoms with Crippen LogP contribution in [-0.4, -0.2) is 17.2 Å². The molecule has 0 amide bonds. The Morgan fingerprint density at radius 3 is 2.08 bits per heavy atom. The van der Waals surface area contributed by atoms with Crippen molar-refractivity contribution < 1.29 is 14.6 Å². The highest BCUT2D eigenvalue weighted by Gasteiger charge is 2.20. The molecule has 0 aromatic heterocycles. The van der Waals surface area contributed by atoms with Crippen LogP contribution in [0.4, 0.5) is 0 Å². The summed E-state index contributed by atoms with van der Waals surface area (Å²) in [6, 6.07) is 25.3. The Balaban J connectivity index is 1.72. The van der Waals surface area contributed by atoms with Gasteiger partial charge in [0.1, 0.15) is 5.75 Å². The molecule has 0 aliphatic heterocycles. The van der Waals surface area contributed by atoms with Crippen LogP contribution >= 0.6 is 22.6 Å². The summed E-state index contributed by atoms with van der Waals surface area (Å²) in [5.74, 6) is -0.414. The zero-order valence-electron chi connectivity index (χ0n) is 13.4. The van der Waals surface area contributed by atoms with Gasteiger partial charge in [0, 0.05) is 9.99 Å². The second-order valence-electron chi connectivity index (χ2n) is 5.67. The van der Waals surface area contributed by atoms with Crippen LogP contribution in [0.5, 0.6) is 5.75 Å². The maximum atomic E-state index is 11.5. The number of carboxylic acids is 1. The van der Waals surface area contributed by atoms with Gasteiger partial charge in [-0.25, -0.2) is 4.79 Å². The molecule has 0 fully saturated rings. The first kappa shape index (κ1) is 17.5. The van der Waals surface area contributed by atoms with Crippen molar-refractivity contribution in [2.24, 2.45) is 0 Å². The monoisotopic (exact) mass is 444 g/mol. The minimum Gasteiger partial charge on any atom is -0.478 e. The lowest BCUT2D eigenvalue weighted by atomic mass is 10.1. The van der Waals surface area contributed by atoms with Gasteiger partial charge in [0.05, 0.1) is 0 Å². The summed E-state index contributed by atoms with van der Waals surface area (Å²) in [6.45, 7) is 0. The van der Waals surface area contributed by atoms with Crippen LogP contribution in [-0.2, 0) is 11.2 Å². The minimum atomic E-state index is -0.967. The van der Waals surface area contributed by atoms with Gasteiger partial charge in [-0.1, -0.05) is 54.6 Å². The standard InChI is InChI=1S/C21H17IO3/c22-18-10-6-15(7-11-18)14-20(21(23)24)25-19-12-8-17(9-13-19)16-4-2-1-3-5-16/h1-13,20H,14H2,(H,23,24)/t20-/m1/s1. The lowest BCUT2D eigenvalue weighted by Crippen LogP contribution is -2.29. The van der Waals surface area contributed by atoms with E-state index in [1.165, 1.54) is 0 Å². The van der Waals surface area contributed by atoms with Gasteiger partial charge in [0.15, 0.2) is 6.10 Å². The molecule has 1 atom stereocenters. The van der Waals surface area contributed by atoms with E-state index >= 15 is 0 Å². The number of rotatable bonds is 6. The van der Waals surface area contributed by atoms with Gasteiger partial charge in [-0.3, -0.25) is 0 Å². The zero-order valence-corrected chi connectivity index (χ0v) is 15.6. The van der Waals surface area contributed by atoms with E-state index in [4.69, 9.17) is 4.74 Å². The lowest BCUT2D eigenvalue weighted by molar-refractivity contribution is -0.145. The van der Waals surface area contributed by atoms with E-state index in [9.17, 15) is 9.90 Å². The largest absolute Gasteiger partial charge is 0.478 e. The van der Waals surface area contributed by atoms with E-state index in [-0.39, 0.29) is 0 Å². The third-order valence-corrected chi connectivity index (χ3v) is 4.57. The highest BCUT2D eigenvalue weighted by molar-refractivity contribution is 14.1. The number of halogens is 1. The summed E-state index contributed by atoms with van der Waals surface area (Å²) in [7, 11) is 0. The molecule has 0 radical (unpaired) electrons. The van der Waals surface area contributed by atoms with Crippen LogP contribution in [0.25, 0.3) is 11.1 Å². The van der Waals surface area contributed by atoms with Gasteiger partial charge in [-0.15, -0.1) is 0 Å². The molecule has 4 heteroatoms. The van der Waals surface area contributed by atoms with Crippen molar-refractivity contribution in [2.75, 3.05) is 0 Å². The van der Waals surface area contributed by atoms with Crippen molar-refractivity contribution in [1.82, 2.24) is 0 Å². The molecular weight excluding hydrogens is 427 g/mol. The molecule has 0 aliphatic rings. The molecule has 0 saturated carbocycles. The summed E-state index contributed by atoms with van der Waals surface area (Å²) in [4.78, 5) is 11.5. The van der Waals surface area contributed by atoms with Crippen LogP contribution in [0.15, 0.2) is 78.9 Å². The summed E-state index contributed by atoms with van der Waals surface area (Å²) in [6.07, 6.45) is -0.588. The number of benzene rings is 3. The van der Waals surface area contributed by atoms with Crippen LogP contribution < -0.4 is 4.74 Å². The molecular formula is C21H17IO3. The van der Waals surface area contributed by atoms with Crippen LogP contribution in [0.1, 0.15) is 5.56 Å². The highest BCUT2D eigenvalue weighted by Crippen LogP contribution is 2.23. The van der Waals surface area contributed by atoms with Crippen molar-refractivity contribution in [2.45, 2.75) is 12.5 Å². The number of hydrogen-bond acceptors (Lipinski definition) is 2. The predicted octanol–water partition coefficient (Wildman–Crippen LogP) is 5.03. The Morgan fingerprint density at radius 1 is 0.880 bits per heavy atom. The normalized spacial score (nSPS) is 11.7. The number of ether oxygens (including phenoxy) is 1. The third-order valence-electron chi connectivity index (χ3n) is 3.85. The van der Waals surface area contributed by atoms with Crippen LogP contribution in [0, 0.1) is 3.57 Å².